The number of nitrogens with zero attached hydrogens (tertiary/aromatic N) is 1. The minimum absolute atomic E-state index is 0.200. The lowest BCUT2D eigenvalue weighted by Crippen LogP contribution is -2.21. The number of rotatable bonds is 6. The number of anilines is 1. The van der Waals surface area contributed by atoms with E-state index in [9.17, 15) is 19.7 Å². The third-order valence-corrected chi connectivity index (χ3v) is 4.63. The highest BCUT2D eigenvalue weighted by Crippen LogP contribution is 2.26. The van der Waals surface area contributed by atoms with Crippen molar-refractivity contribution in [3.05, 3.63) is 62.7 Å². The second-order valence-electron chi connectivity index (χ2n) is 5.18. The van der Waals surface area contributed by atoms with E-state index in [0.717, 1.165) is 0 Å². The molecule has 0 saturated heterocycles. The summed E-state index contributed by atoms with van der Waals surface area (Å²) < 4.78 is 4.92. The minimum Gasteiger partial charge on any atom is -0.452 e. The van der Waals surface area contributed by atoms with E-state index in [-0.39, 0.29) is 11.3 Å². The Morgan fingerprint density at radius 2 is 2.04 bits per heavy atom. The number of ether oxygens (including phenoxy) is 1. The van der Waals surface area contributed by atoms with Gasteiger partial charge in [0.2, 0.25) is 0 Å². The summed E-state index contributed by atoms with van der Waals surface area (Å²) in [5.74, 6) is -1.52. The van der Waals surface area contributed by atoms with Crippen molar-refractivity contribution in [2.45, 2.75) is 11.8 Å². The summed E-state index contributed by atoms with van der Waals surface area (Å²) in [5.41, 5.74) is 0.596. The molecule has 0 spiro atoms. The van der Waals surface area contributed by atoms with E-state index in [1.54, 1.807) is 31.4 Å². The average Bonchev–Trinajstić information content (AvgIpc) is 2.62. The van der Waals surface area contributed by atoms with Gasteiger partial charge in [-0.1, -0.05) is 17.7 Å². The van der Waals surface area contributed by atoms with E-state index in [1.165, 1.54) is 30.0 Å². The first-order valence-electron chi connectivity index (χ1n) is 7.38. The van der Waals surface area contributed by atoms with Crippen LogP contribution < -0.4 is 5.32 Å². The first-order chi connectivity index (χ1) is 12.3. The van der Waals surface area contributed by atoms with Crippen molar-refractivity contribution in [3.8, 4) is 0 Å². The van der Waals surface area contributed by atoms with Gasteiger partial charge >= 0.3 is 5.97 Å². The van der Waals surface area contributed by atoms with Crippen molar-refractivity contribution < 1.29 is 19.2 Å². The molecule has 1 amide bonds. The van der Waals surface area contributed by atoms with Crippen LogP contribution in [-0.2, 0) is 9.53 Å². The van der Waals surface area contributed by atoms with Gasteiger partial charge in [0.05, 0.1) is 4.92 Å². The molecular weight excluding hydrogens is 380 g/mol. The largest absolute Gasteiger partial charge is 0.452 e. The molecule has 0 radical (unpaired) electrons. The molecule has 0 saturated carbocycles. The SMILES string of the molecule is CSc1ccc([N+](=O)[O-])c(C(=O)OCC(=O)Nc2cccc(Cl)c2C)c1. The van der Waals surface area contributed by atoms with Crippen LogP contribution in [0.2, 0.25) is 5.02 Å². The molecule has 1 N–H and O–H groups in total. The molecule has 0 bridgehead atoms. The maximum atomic E-state index is 12.2. The van der Waals surface area contributed by atoms with E-state index in [4.69, 9.17) is 16.3 Å². The number of esters is 1. The van der Waals surface area contributed by atoms with Crippen molar-refractivity contribution in [2.75, 3.05) is 18.2 Å². The first-order valence-corrected chi connectivity index (χ1v) is 8.98. The molecule has 0 aliphatic rings. The Hall–Kier alpha value is -2.58. The summed E-state index contributed by atoms with van der Waals surface area (Å²) in [6.07, 6.45) is 1.77. The molecule has 2 aromatic rings. The fourth-order valence-corrected chi connectivity index (χ4v) is 2.72. The van der Waals surface area contributed by atoms with E-state index in [1.807, 2.05) is 0 Å². The molecule has 7 nitrogen and oxygen atoms in total. The Balaban J connectivity index is 2.07. The molecule has 136 valence electrons. The molecule has 0 aliphatic carbocycles. The topological polar surface area (TPSA) is 98.5 Å². The van der Waals surface area contributed by atoms with Crippen molar-refractivity contribution in [1.29, 1.82) is 0 Å². The molecule has 0 aliphatic heterocycles. The van der Waals surface area contributed by atoms with Crippen LogP contribution in [0.1, 0.15) is 15.9 Å². The van der Waals surface area contributed by atoms with Crippen molar-refractivity contribution in [2.24, 2.45) is 0 Å². The van der Waals surface area contributed by atoms with Gasteiger partial charge in [-0.3, -0.25) is 14.9 Å². The molecule has 0 unspecified atom stereocenters. The van der Waals surface area contributed by atoms with Crippen LogP contribution in [0.15, 0.2) is 41.3 Å². The molecule has 0 heterocycles. The summed E-state index contributed by atoms with van der Waals surface area (Å²) in [4.78, 5) is 35.2. The number of nitrogens with one attached hydrogen (secondary N) is 1. The number of thioether (sulfide) groups is 1. The fourth-order valence-electron chi connectivity index (χ4n) is 2.10. The molecule has 2 aromatic carbocycles. The van der Waals surface area contributed by atoms with Gasteiger partial charge in [0.1, 0.15) is 5.56 Å². The van der Waals surface area contributed by atoms with Crippen LogP contribution in [0.25, 0.3) is 0 Å². The van der Waals surface area contributed by atoms with Crippen LogP contribution in [0.5, 0.6) is 0 Å². The summed E-state index contributed by atoms with van der Waals surface area (Å²) >= 11 is 7.31. The highest BCUT2D eigenvalue weighted by atomic mass is 35.5. The Bertz CT molecular complexity index is 872. The predicted octanol–water partition coefficient (Wildman–Crippen LogP) is 4.07. The lowest BCUT2D eigenvalue weighted by atomic mass is 10.2. The summed E-state index contributed by atoms with van der Waals surface area (Å²) in [7, 11) is 0. The van der Waals surface area contributed by atoms with Crippen LogP contribution in [-0.4, -0.2) is 29.7 Å². The zero-order valence-electron chi connectivity index (χ0n) is 13.9. The average molecular weight is 395 g/mol. The number of benzene rings is 2. The number of carbonyl (C=O) groups excluding carboxylic acids is 2. The van der Waals surface area contributed by atoms with E-state index in [2.05, 4.69) is 5.32 Å². The zero-order chi connectivity index (χ0) is 19.3. The summed E-state index contributed by atoms with van der Waals surface area (Å²) in [6, 6.07) is 9.16. The zero-order valence-corrected chi connectivity index (χ0v) is 15.5. The minimum atomic E-state index is -0.939. The number of nitro benzene ring substituents is 1. The van der Waals surface area contributed by atoms with Crippen LogP contribution in [0.4, 0.5) is 11.4 Å². The van der Waals surface area contributed by atoms with Crippen LogP contribution in [0, 0.1) is 17.0 Å². The summed E-state index contributed by atoms with van der Waals surface area (Å²) in [6.45, 7) is 1.16. The van der Waals surface area contributed by atoms with Crippen molar-refractivity contribution in [1.82, 2.24) is 0 Å². The van der Waals surface area contributed by atoms with Crippen molar-refractivity contribution >= 4 is 46.6 Å². The third kappa shape index (κ3) is 4.74. The Morgan fingerprint density at radius 1 is 1.31 bits per heavy atom. The van der Waals surface area contributed by atoms with Gasteiger partial charge in [0.25, 0.3) is 11.6 Å². The molecule has 0 aromatic heterocycles. The smallest absolute Gasteiger partial charge is 0.345 e. The maximum Gasteiger partial charge on any atom is 0.345 e. The van der Waals surface area contributed by atoms with Crippen molar-refractivity contribution in [3.63, 3.8) is 0 Å². The lowest BCUT2D eigenvalue weighted by Gasteiger charge is -2.10. The standard InChI is InChI=1S/C17H15ClN2O5S/c1-10-13(18)4-3-5-14(10)19-16(21)9-25-17(22)12-8-11(26-2)6-7-15(12)20(23)24/h3-8H,9H2,1-2H3,(H,19,21). The van der Waals surface area contributed by atoms with Crippen LogP contribution >= 0.6 is 23.4 Å². The number of amides is 1. The Kier molecular flexibility index (Phi) is 6.59. The van der Waals surface area contributed by atoms with Gasteiger partial charge in [-0.15, -0.1) is 11.8 Å². The summed E-state index contributed by atoms with van der Waals surface area (Å²) in [5, 5.41) is 14.1. The van der Waals surface area contributed by atoms with Gasteiger partial charge < -0.3 is 10.1 Å². The normalized spacial score (nSPS) is 10.3. The Morgan fingerprint density at radius 3 is 2.69 bits per heavy atom. The molecular formula is C17H15ClN2O5S. The molecule has 0 atom stereocenters. The van der Waals surface area contributed by atoms with Gasteiger partial charge in [-0.25, -0.2) is 4.79 Å². The maximum absolute atomic E-state index is 12.2. The van der Waals surface area contributed by atoms with Gasteiger partial charge in [-0.2, -0.15) is 0 Å². The first kappa shape index (κ1) is 19.7. The highest BCUT2D eigenvalue weighted by molar-refractivity contribution is 7.98. The molecule has 0 fully saturated rings. The van der Waals surface area contributed by atoms with E-state index in [0.29, 0.717) is 21.2 Å². The highest BCUT2D eigenvalue weighted by Gasteiger charge is 2.22. The van der Waals surface area contributed by atoms with Gasteiger partial charge in [-0.05, 0) is 43.0 Å². The number of nitro groups is 1. The monoisotopic (exact) mass is 394 g/mol. The number of halogens is 1. The van der Waals surface area contributed by atoms with Crippen LogP contribution in [0.3, 0.4) is 0 Å². The second-order valence-corrected chi connectivity index (χ2v) is 6.46. The molecule has 9 heteroatoms. The van der Waals surface area contributed by atoms with Gasteiger partial charge in [0, 0.05) is 21.7 Å². The molecule has 2 rings (SSSR count). The van der Waals surface area contributed by atoms with E-state index < -0.39 is 23.4 Å². The number of hydrogen-bond donors (Lipinski definition) is 1. The fraction of sp³-hybridized carbons (Fsp3) is 0.176. The molecule has 26 heavy (non-hydrogen) atoms. The van der Waals surface area contributed by atoms with Gasteiger partial charge in [0.15, 0.2) is 6.61 Å². The number of hydrogen-bond acceptors (Lipinski definition) is 6. The Labute approximate surface area is 158 Å². The third-order valence-electron chi connectivity index (χ3n) is 3.50. The number of carbonyl (C=O) groups is 2. The lowest BCUT2D eigenvalue weighted by molar-refractivity contribution is -0.385. The van der Waals surface area contributed by atoms with E-state index >= 15 is 0 Å². The second kappa shape index (κ2) is 8.68. The quantitative estimate of drug-likeness (QED) is 0.343. The predicted molar refractivity (Wildman–Crippen MR) is 100.0 cm³/mol.